The normalized spacial score (nSPS) is 9.56. The van der Waals surface area contributed by atoms with Crippen LogP contribution in [0.15, 0.2) is 29.2 Å². The fraction of sp³-hybridized carbons (Fsp3) is 0. The molecule has 0 N–H and O–H groups in total. The van der Waals surface area contributed by atoms with Gasteiger partial charge in [-0.1, -0.05) is 17.8 Å². The molecule has 0 saturated carbocycles. The van der Waals surface area contributed by atoms with E-state index in [9.17, 15) is 23.1 Å². The van der Waals surface area contributed by atoms with Gasteiger partial charge < -0.3 is 9.98 Å². The quantitative estimate of drug-likeness (QED) is 0.239. The van der Waals surface area contributed by atoms with Crippen LogP contribution in [-0.2, 0) is 10.1 Å². The van der Waals surface area contributed by atoms with E-state index in [1.54, 1.807) is 0 Å². The van der Waals surface area contributed by atoms with Crippen LogP contribution in [0.2, 0.25) is 0 Å². The summed E-state index contributed by atoms with van der Waals surface area (Å²) in [5, 5.41) is 8.99. The third-order valence-corrected chi connectivity index (χ3v) is 2.17. The minimum Gasteiger partial charge on any atom is -0.744 e. The van der Waals surface area contributed by atoms with E-state index in [0.717, 1.165) is 24.3 Å². The minimum absolute atomic E-state index is 0. The first-order chi connectivity index (χ1) is 6.39. The molecule has 0 spiro atoms. The van der Waals surface area contributed by atoms with Crippen molar-refractivity contribution in [1.29, 1.82) is 0 Å². The SMILES string of the molecule is O=[N+]([O-])[N-]c1ccc(S(=O)(=O)[O-])cc1.[K+].[K+]. The Morgan fingerprint density at radius 1 is 1.12 bits per heavy atom. The summed E-state index contributed by atoms with van der Waals surface area (Å²) >= 11 is 0. The van der Waals surface area contributed by atoms with Crippen LogP contribution in [0.25, 0.3) is 5.43 Å². The van der Waals surface area contributed by atoms with Gasteiger partial charge in [0.15, 0.2) is 0 Å². The fourth-order valence-electron chi connectivity index (χ4n) is 0.774. The van der Waals surface area contributed by atoms with Gasteiger partial charge in [0.25, 0.3) is 0 Å². The summed E-state index contributed by atoms with van der Waals surface area (Å²) in [4.78, 5) is 9.46. The Balaban J connectivity index is 0. The first kappa shape index (κ1) is 19.9. The van der Waals surface area contributed by atoms with Crippen LogP contribution in [0.3, 0.4) is 0 Å². The number of rotatable bonds is 3. The Hall–Kier alpha value is 1.60. The Morgan fingerprint density at radius 2 is 1.56 bits per heavy atom. The Labute approximate surface area is 177 Å². The molecule has 0 heterocycles. The molecule has 7 nitrogen and oxygen atoms in total. The third kappa shape index (κ3) is 7.13. The summed E-state index contributed by atoms with van der Waals surface area (Å²) < 4.78 is 31.3. The molecule has 0 unspecified atom stereocenters. The van der Waals surface area contributed by atoms with Gasteiger partial charge in [-0.25, -0.2) is 8.42 Å². The van der Waals surface area contributed by atoms with E-state index < -0.39 is 20.0 Å². The van der Waals surface area contributed by atoms with Gasteiger partial charge >= 0.3 is 103 Å². The van der Waals surface area contributed by atoms with Crippen LogP contribution in [0.4, 0.5) is 5.69 Å². The zero-order valence-corrected chi connectivity index (χ0v) is 15.7. The Bertz CT molecular complexity index is 446. The van der Waals surface area contributed by atoms with Crippen molar-refractivity contribution in [3.63, 3.8) is 0 Å². The summed E-state index contributed by atoms with van der Waals surface area (Å²) in [6.45, 7) is 0. The first-order valence-corrected chi connectivity index (χ1v) is 4.72. The number of hydrogen-bond donors (Lipinski definition) is 0. The van der Waals surface area contributed by atoms with E-state index in [-0.39, 0.29) is 108 Å². The maximum absolute atomic E-state index is 10.4. The van der Waals surface area contributed by atoms with E-state index >= 15 is 0 Å². The van der Waals surface area contributed by atoms with Crippen LogP contribution in [-0.4, -0.2) is 18.0 Å². The molecule has 0 amide bonds. The van der Waals surface area contributed by atoms with Crippen molar-refractivity contribution in [3.8, 4) is 0 Å². The summed E-state index contributed by atoms with van der Waals surface area (Å²) in [6, 6.07) is 4.08. The van der Waals surface area contributed by atoms with Crippen LogP contribution in [0.5, 0.6) is 0 Å². The average Bonchev–Trinajstić information content (AvgIpc) is 2.02. The van der Waals surface area contributed by atoms with Gasteiger partial charge in [0.2, 0.25) is 0 Å². The van der Waals surface area contributed by atoms with Gasteiger partial charge in [-0.05, 0) is 17.2 Å². The molecule has 1 rings (SSSR count). The van der Waals surface area contributed by atoms with E-state index in [2.05, 4.69) is 5.43 Å². The summed E-state index contributed by atoms with van der Waals surface area (Å²) in [6.07, 6.45) is 0. The Kier molecular flexibility index (Phi) is 10.8. The molecule has 0 atom stereocenters. The van der Waals surface area contributed by atoms with E-state index in [1.165, 1.54) is 0 Å². The fourth-order valence-corrected chi connectivity index (χ4v) is 1.24. The zero-order valence-electron chi connectivity index (χ0n) is 8.65. The van der Waals surface area contributed by atoms with Crippen molar-refractivity contribution >= 4 is 15.8 Å². The molecule has 0 fully saturated rings. The van der Waals surface area contributed by atoms with Crippen molar-refractivity contribution in [1.82, 2.24) is 0 Å². The molecule has 1 aromatic carbocycles. The second-order valence-electron chi connectivity index (χ2n) is 2.29. The van der Waals surface area contributed by atoms with Gasteiger partial charge in [0.05, 0.1) is 4.90 Å². The number of benzene rings is 1. The number of hydrogen-bond acceptors (Lipinski definition) is 5. The van der Waals surface area contributed by atoms with Crippen molar-refractivity contribution in [2.75, 3.05) is 0 Å². The first-order valence-electron chi connectivity index (χ1n) is 3.31. The van der Waals surface area contributed by atoms with Gasteiger partial charge in [0, 0.05) is 0 Å². The monoisotopic (exact) mass is 294 g/mol. The van der Waals surface area contributed by atoms with Crippen molar-refractivity contribution in [2.45, 2.75) is 4.90 Å². The molecule has 0 bridgehead atoms. The van der Waals surface area contributed by atoms with Crippen LogP contribution >= 0.6 is 0 Å². The van der Waals surface area contributed by atoms with Crippen molar-refractivity contribution < 1.29 is 121 Å². The maximum atomic E-state index is 10.4. The van der Waals surface area contributed by atoms with Gasteiger partial charge in [-0.3, -0.25) is 10.1 Å². The maximum Gasteiger partial charge on any atom is 1.00 e. The van der Waals surface area contributed by atoms with E-state index in [0.29, 0.717) is 0 Å². The molecular formula is C6H4K2N2O5S. The molecule has 0 aliphatic heterocycles. The van der Waals surface area contributed by atoms with Gasteiger partial charge in [-0.15, -0.1) is 0 Å². The molecular weight excluding hydrogens is 290 g/mol. The summed E-state index contributed by atoms with van der Waals surface area (Å²) in [5.41, 5.74) is 2.88. The topological polar surface area (TPSA) is 114 Å². The molecule has 0 aliphatic rings. The van der Waals surface area contributed by atoms with Crippen molar-refractivity contribution in [3.05, 3.63) is 39.8 Å². The largest absolute Gasteiger partial charge is 1.00 e. The Morgan fingerprint density at radius 3 is 1.88 bits per heavy atom. The predicted molar refractivity (Wildman–Crippen MR) is 44.4 cm³/mol. The molecule has 0 saturated heterocycles. The molecule has 10 heteroatoms. The van der Waals surface area contributed by atoms with Crippen LogP contribution < -0.4 is 103 Å². The smallest absolute Gasteiger partial charge is 0.744 e. The second-order valence-corrected chi connectivity index (χ2v) is 3.67. The molecule has 0 aliphatic carbocycles. The zero-order chi connectivity index (χ0) is 10.8. The number of nitrogens with zero attached hydrogens (tertiary/aromatic N) is 2. The van der Waals surface area contributed by atoms with E-state index in [1.807, 2.05) is 0 Å². The molecule has 0 aromatic heterocycles. The number of nitro groups is 1. The summed E-state index contributed by atoms with van der Waals surface area (Å²) in [5.74, 6) is 0. The molecule has 76 valence electrons. The summed E-state index contributed by atoms with van der Waals surface area (Å²) in [7, 11) is -4.51. The van der Waals surface area contributed by atoms with Crippen molar-refractivity contribution in [2.24, 2.45) is 0 Å². The molecule has 1 aromatic rings. The van der Waals surface area contributed by atoms with Gasteiger partial charge in [-0.2, -0.15) is 0 Å². The second kappa shape index (κ2) is 8.66. The average molecular weight is 294 g/mol. The van der Waals surface area contributed by atoms with Gasteiger partial charge in [0.1, 0.15) is 10.1 Å². The minimum atomic E-state index is -4.51. The van der Waals surface area contributed by atoms with Crippen LogP contribution in [0, 0.1) is 10.1 Å². The molecule has 16 heavy (non-hydrogen) atoms. The predicted octanol–water partition coefficient (Wildman–Crippen LogP) is -5.20. The third-order valence-electron chi connectivity index (χ3n) is 1.32. The standard InChI is InChI=1S/C6H5N2O5S.2K/c9-8(10)7-5-1-3-6(4-2-5)14(11,12)13;;/h1-4H,(H,11,12,13);;/q-1;2*+1/p-1. The van der Waals surface area contributed by atoms with E-state index in [4.69, 9.17) is 0 Å². The molecule has 0 radical (unpaired) electrons. The van der Waals surface area contributed by atoms with Crippen LogP contribution in [0.1, 0.15) is 0 Å².